The zero-order valence-electron chi connectivity index (χ0n) is 16.3. The molecule has 0 aliphatic carbocycles. The summed E-state index contributed by atoms with van der Waals surface area (Å²) in [6.45, 7) is 0.141. The largest absolute Gasteiger partial charge is 0.465 e. The fourth-order valence-corrected chi connectivity index (χ4v) is 3.16. The number of carbonyl (C=O) groups excluding carboxylic acids is 2. The minimum Gasteiger partial charge on any atom is -0.465 e. The van der Waals surface area contributed by atoms with Crippen LogP contribution in [-0.4, -0.2) is 39.7 Å². The summed E-state index contributed by atoms with van der Waals surface area (Å²) < 4.78 is 31.6. The minimum absolute atomic E-state index is 0.00947. The van der Waals surface area contributed by atoms with Crippen molar-refractivity contribution < 1.29 is 38.0 Å². The normalized spacial score (nSPS) is 14.5. The van der Waals surface area contributed by atoms with Gasteiger partial charge in [0.2, 0.25) is 13.6 Å². The SMILES string of the molecule is COC(=O)C(=Cc1cccc2c1OCO2)C(=Cc1cccc2c1OCO2)C(=O)OC. The Morgan fingerprint density at radius 2 is 1.17 bits per heavy atom. The zero-order chi connectivity index (χ0) is 21.1. The molecule has 154 valence electrons. The van der Waals surface area contributed by atoms with Crippen molar-refractivity contribution in [1.82, 2.24) is 0 Å². The molecule has 0 fully saturated rings. The van der Waals surface area contributed by atoms with Crippen molar-refractivity contribution in [3.63, 3.8) is 0 Å². The van der Waals surface area contributed by atoms with E-state index in [1.165, 1.54) is 26.4 Å². The molecule has 30 heavy (non-hydrogen) atoms. The smallest absolute Gasteiger partial charge is 0.338 e. The van der Waals surface area contributed by atoms with E-state index in [0.717, 1.165) is 0 Å². The average molecular weight is 410 g/mol. The first-order valence-corrected chi connectivity index (χ1v) is 9.00. The van der Waals surface area contributed by atoms with Crippen molar-refractivity contribution in [3.05, 3.63) is 58.7 Å². The van der Waals surface area contributed by atoms with Gasteiger partial charge in [-0.05, 0) is 24.3 Å². The average Bonchev–Trinajstić information content (AvgIpc) is 3.45. The molecule has 2 aliphatic rings. The molecule has 2 heterocycles. The van der Waals surface area contributed by atoms with Gasteiger partial charge in [-0.3, -0.25) is 0 Å². The summed E-state index contributed by atoms with van der Waals surface area (Å²) in [6.07, 6.45) is 3.01. The van der Waals surface area contributed by atoms with Crippen molar-refractivity contribution in [1.29, 1.82) is 0 Å². The summed E-state index contributed by atoms with van der Waals surface area (Å²) >= 11 is 0. The van der Waals surface area contributed by atoms with Crippen LogP contribution in [0.2, 0.25) is 0 Å². The lowest BCUT2D eigenvalue weighted by atomic mass is 9.99. The summed E-state index contributed by atoms with van der Waals surface area (Å²) in [7, 11) is 2.47. The van der Waals surface area contributed by atoms with E-state index in [2.05, 4.69) is 0 Å². The highest BCUT2D eigenvalue weighted by molar-refractivity contribution is 6.13. The Labute approximate surface area is 172 Å². The molecule has 8 heteroatoms. The first-order valence-electron chi connectivity index (χ1n) is 9.00. The fourth-order valence-electron chi connectivity index (χ4n) is 3.16. The minimum atomic E-state index is -0.715. The number of para-hydroxylation sites is 2. The van der Waals surface area contributed by atoms with E-state index in [4.69, 9.17) is 28.4 Å². The van der Waals surface area contributed by atoms with Crippen LogP contribution in [-0.2, 0) is 19.1 Å². The molecule has 2 aromatic carbocycles. The third kappa shape index (κ3) is 3.55. The second kappa shape index (κ2) is 8.20. The summed E-state index contributed by atoms with van der Waals surface area (Å²) in [5, 5.41) is 0. The number of rotatable bonds is 5. The Hall–Kier alpha value is -3.94. The second-order valence-corrected chi connectivity index (χ2v) is 6.26. The Kier molecular flexibility index (Phi) is 5.30. The van der Waals surface area contributed by atoms with Gasteiger partial charge >= 0.3 is 11.9 Å². The number of hydrogen-bond acceptors (Lipinski definition) is 8. The van der Waals surface area contributed by atoms with Gasteiger partial charge in [-0.2, -0.15) is 0 Å². The van der Waals surface area contributed by atoms with E-state index < -0.39 is 11.9 Å². The van der Waals surface area contributed by atoms with Crippen LogP contribution in [0.1, 0.15) is 11.1 Å². The number of methoxy groups -OCH3 is 2. The number of ether oxygens (including phenoxy) is 6. The molecule has 2 aliphatic heterocycles. The predicted molar refractivity (Wildman–Crippen MR) is 105 cm³/mol. The highest BCUT2D eigenvalue weighted by Crippen LogP contribution is 2.39. The molecular weight excluding hydrogens is 392 g/mol. The Balaban J connectivity index is 1.87. The maximum Gasteiger partial charge on any atom is 0.338 e. The summed E-state index contributed by atoms with van der Waals surface area (Å²) in [4.78, 5) is 25.3. The quantitative estimate of drug-likeness (QED) is 0.422. The Bertz CT molecular complexity index is 981. The molecule has 4 rings (SSSR count). The van der Waals surface area contributed by atoms with Crippen LogP contribution in [0.15, 0.2) is 47.5 Å². The van der Waals surface area contributed by atoms with Gasteiger partial charge in [0.15, 0.2) is 23.0 Å². The highest BCUT2D eigenvalue weighted by atomic mass is 16.7. The molecule has 0 bridgehead atoms. The van der Waals surface area contributed by atoms with E-state index >= 15 is 0 Å². The first-order chi connectivity index (χ1) is 14.6. The molecule has 8 nitrogen and oxygen atoms in total. The zero-order valence-corrected chi connectivity index (χ0v) is 16.3. The third-order valence-electron chi connectivity index (χ3n) is 4.55. The predicted octanol–water partition coefficient (Wildman–Crippen LogP) is 2.96. The van der Waals surface area contributed by atoms with Crippen LogP contribution in [0, 0.1) is 0 Å². The molecule has 0 amide bonds. The Morgan fingerprint density at radius 3 is 1.57 bits per heavy atom. The Morgan fingerprint density at radius 1 is 0.733 bits per heavy atom. The highest BCUT2D eigenvalue weighted by Gasteiger charge is 2.26. The van der Waals surface area contributed by atoms with Crippen LogP contribution in [0.4, 0.5) is 0 Å². The summed E-state index contributed by atoms with van der Waals surface area (Å²) in [5.74, 6) is 0.604. The molecule has 0 spiro atoms. The van der Waals surface area contributed by atoms with Crippen molar-refractivity contribution in [2.24, 2.45) is 0 Å². The molecule has 0 saturated carbocycles. The number of benzene rings is 2. The van der Waals surface area contributed by atoms with E-state index in [9.17, 15) is 9.59 Å². The van der Waals surface area contributed by atoms with E-state index in [0.29, 0.717) is 34.1 Å². The van der Waals surface area contributed by atoms with Crippen LogP contribution in [0.3, 0.4) is 0 Å². The van der Waals surface area contributed by atoms with E-state index in [-0.39, 0.29) is 24.7 Å². The van der Waals surface area contributed by atoms with Gasteiger partial charge in [0.05, 0.1) is 25.4 Å². The standard InChI is InChI=1S/C22H18O8/c1-25-21(23)15(9-13-5-3-7-17-19(13)29-11-27-17)16(22(24)26-2)10-14-6-4-8-18-20(14)30-12-28-18/h3-10H,11-12H2,1-2H3. The van der Waals surface area contributed by atoms with Gasteiger partial charge < -0.3 is 28.4 Å². The maximum absolute atomic E-state index is 12.6. The van der Waals surface area contributed by atoms with Gasteiger partial charge in [-0.15, -0.1) is 0 Å². The lowest BCUT2D eigenvalue weighted by molar-refractivity contribution is -0.139. The van der Waals surface area contributed by atoms with Crippen molar-refractivity contribution in [2.45, 2.75) is 0 Å². The van der Waals surface area contributed by atoms with Crippen molar-refractivity contribution in [3.8, 4) is 23.0 Å². The molecule has 0 atom stereocenters. The van der Waals surface area contributed by atoms with Crippen molar-refractivity contribution in [2.75, 3.05) is 27.8 Å². The summed E-state index contributed by atoms with van der Waals surface area (Å²) in [5.41, 5.74) is 1.09. The van der Waals surface area contributed by atoms with E-state index in [1.807, 2.05) is 0 Å². The molecule has 0 radical (unpaired) electrons. The number of esters is 2. The maximum atomic E-state index is 12.6. The second-order valence-electron chi connectivity index (χ2n) is 6.26. The number of fused-ring (bicyclic) bond motifs is 2. The molecule has 0 saturated heterocycles. The lowest BCUT2D eigenvalue weighted by Gasteiger charge is -2.11. The number of hydrogen-bond donors (Lipinski definition) is 0. The van der Waals surface area contributed by atoms with Gasteiger partial charge in [0.1, 0.15) is 0 Å². The van der Waals surface area contributed by atoms with E-state index in [1.54, 1.807) is 36.4 Å². The third-order valence-corrected chi connectivity index (χ3v) is 4.55. The molecule has 0 aromatic heterocycles. The monoisotopic (exact) mass is 410 g/mol. The topological polar surface area (TPSA) is 89.5 Å². The van der Waals surface area contributed by atoms with Gasteiger partial charge in [-0.25, -0.2) is 9.59 Å². The van der Waals surface area contributed by atoms with Crippen molar-refractivity contribution >= 4 is 24.1 Å². The van der Waals surface area contributed by atoms with Crippen LogP contribution in [0.5, 0.6) is 23.0 Å². The molecule has 0 unspecified atom stereocenters. The van der Waals surface area contributed by atoms with Gasteiger partial charge in [0, 0.05) is 11.1 Å². The van der Waals surface area contributed by atoms with Crippen LogP contribution in [0.25, 0.3) is 12.2 Å². The molecular formula is C22H18O8. The number of carbonyl (C=O) groups is 2. The van der Waals surface area contributed by atoms with Crippen LogP contribution >= 0.6 is 0 Å². The van der Waals surface area contributed by atoms with Gasteiger partial charge in [-0.1, -0.05) is 24.3 Å². The lowest BCUT2D eigenvalue weighted by Crippen LogP contribution is -2.15. The summed E-state index contributed by atoms with van der Waals surface area (Å²) in [6, 6.07) is 10.5. The molecule has 0 N–H and O–H groups in total. The molecule has 2 aromatic rings. The first kappa shape index (κ1) is 19.4. The van der Waals surface area contributed by atoms with Crippen LogP contribution < -0.4 is 18.9 Å². The van der Waals surface area contributed by atoms with Gasteiger partial charge in [0.25, 0.3) is 0 Å². The fraction of sp³-hybridized carbons (Fsp3) is 0.182.